The van der Waals surface area contributed by atoms with Crippen LogP contribution in [0.5, 0.6) is 0 Å². The quantitative estimate of drug-likeness (QED) is 0.862. The smallest absolute Gasteiger partial charge is 0.164 e. The van der Waals surface area contributed by atoms with Crippen LogP contribution >= 0.6 is 23.4 Å². The fraction of sp³-hybridized carbons (Fsp3) is 0.200. The first-order chi connectivity index (χ1) is 9.83. The molecule has 0 saturated heterocycles. The molecule has 2 aromatic rings. The molecule has 0 radical (unpaired) electrons. The first-order valence-electron chi connectivity index (χ1n) is 6.43. The van der Waals surface area contributed by atoms with Crippen LogP contribution in [0.2, 0.25) is 5.02 Å². The van der Waals surface area contributed by atoms with Crippen LogP contribution in [-0.2, 0) is 6.54 Å². The zero-order chi connectivity index (χ0) is 13.8. The Kier molecular flexibility index (Phi) is 4.23. The molecule has 0 unspecified atom stereocenters. The number of aromatic nitrogens is 1. The van der Waals surface area contributed by atoms with Crippen LogP contribution < -0.4 is 4.90 Å². The number of hydrogen-bond donors (Lipinski definition) is 0. The highest BCUT2D eigenvalue weighted by Gasteiger charge is 2.18. The summed E-state index contributed by atoms with van der Waals surface area (Å²) >= 11 is 7.75. The Morgan fingerprint density at radius 2 is 2.00 bits per heavy atom. The largest absolute Gasteiger partial charge is 0.315 e. The number of thioether (sulfide) groups is 1. The van der Waals surface area contributed by atoms with Crippen molar-refractivity contribution >= 4 is 34.2 Å². The van der Waals surface area contributed by atoms with Gasteiger partial charge in [-0.25, -0.2) is 0 Å². The molecular weight excluding hydrogens is 290 g/mol. The molecule has 1 aromatic heterocycles. The Balaban J connectivity index is 1.89. The lowest BCUT2D eigenvalue weighted by atomic mass is 10.2. The van der Waals surface area contributed by atoms with E-state index >= 15 is 0 Å². The summed E-state index contributed by atoms with van der Waals surface area (Å²) in [6.07, 6.45) is 1.82. The van der Waals surface area contributed by atoms with Gasteiger partial charge in [-0.2, -0.15) is 0 Å². The number of hydrogen-bond acceptors (Lipinski definition) is 4. The van der Waals surface area contributed by atoms with Crippen molar-refractivity contribution in [2.75, 3.05) is 17.2 Å². The second-order valence-electron chi connectivity index (χ2n) is 4.40. The molecule has 0 atom stereocenters. The fourth-order valence-corrected chi connectivity index (χ4v) is 3.03. The lowest BCUT2D eigenvalue weighted by Crippen LogP contribution is -2.27. The summed E-state index contributed by atoms with van der Waals surface area (Å²) in [5.41, 5.74) is 2.12. The van der Waals surface area contributed by atoms with Gasteiger partial charge in [0.05, 0.1) is 18.8 Å². The van der Waals surface area contributed by atoms with E-state index in [1.807, 2.05) is 48.7 Å². The van der Waals surface area contributed by atoms with Crippen molar-refractivity contribution in [3.05, 3.63) is 59.4 Å². The van der Waals surface area contributed by atoms with Crippen molar-refractivity contribution < 1.29 is 0 Å². The second-order valence-corrected chi connectivity index (χ2v) is 5.89. The third-order valence-corrected chi connectivity index (χ3v) is 4.23. The monoisotopic (exact) mass is 303 g/mol. The van der Waals surface area contributed by atoms with Crippen molar-refractivity contribution in [2.24, 2.45) is 4.99 Å². The van der Waals surface area contributed by atoms with Gasteiger partial charge in [0, 0.05) is 22.7 Å². The maximum atomic E-state index is 5.97. The molecule has 3 nitrogen and oxygen atoms in total. The molecular formula is C15H14ClN3S. The van der Waals surface area contributed by atoms with Gasteiger partial charge >= 0.3 is 0 Å². The molecule has 3 rings (SSSR count). The summed E-state index contributed by atoms with van der Waals surface area (Å²) in [7, 11) is 0. The van der Waals surface area contributed by atoms with Crippen molar-refractivity contribution in [3.8, 4) is 0 Å². The normalized spacial score (nSPS) is 14.2. The summed E-state index contributed by atoms with van der Waals surface area (Å²) in [5, 5.41) is 1.80. The van der Waals surface area contributed by atoms with Crippen LogP contribution in [0.1, 0.15) is 5.69 Å². The van der Waals surface area contributed by atoms with Crippen LogP contribution in [0.15, 0.2) is 53.7 Å². The zero-order valence-corrected chi connectivity index (χ0v) is 12.4. The summed E-state index contributed by atoms with van der Waals surface area (Å²) in [6, 6.07) is 13.8. The Morgan fingerprint density at radius 3 is 2.65 bits per heavy atom. The molecule has 1 aromatic carbocycles. The minimum atomic E-state index is 0.717. The van der Waals surface area contributed by atoms with E-state index in [9.17, 15) is 0 Å². The van der Waals surface area contributed by atoms with Crippen LogP contribution in [0.25, 0.3) is 0 Å². The SMILES string of the molecule is Clc1ccc(N(Cc2ccccn2)C2=NCCS2)cc1. The molecule has 0 aliphatic carbocycles. The number of rotatable bonds is 3. The van der Waals surface area contributed by atoms with Gasteiger partial charge in [0.25, 0.3) is 0 Å². The standard InChI is InChI=1S/C15H14ClN3S/c16-12-4-6-14(7-5-12)19(15-18-9-10-20-15)11-13-3-1-2-8-17-13/h1-8H,9-11H2. The number of amidine groups is 1. The molecule has 0 spiro atoms. The predicted octanol–water partition coefficient (Wildman–Crippen LogP) is 3.84. The number of anilines is 1. The average molecular weight is 304 g/mol. The van der Waals surface area contributed by atoms with Gasteiger partial charge in [-0.15, -0.1) is 0 Å². The highest BCUT2D eigenvalue weighted by Crippen LogP contribution is 2.25. The lowest BCUT2D eigenvalue weighted by molar-refractivity contribution is 0.952. The Morgan fingerprint density at radius 1 is 1.15 bits per heavy atom. The first kappa shape index (κ1) is 13.5. The van der Waals surface area contributed by atoms with Gasteiger partial charge in [0.1, 0.15) is 0 Å². The molecule has 0 saturated carbocycles. The Bertz CT molecular complexity index is 598. The van der Waals surface area contributed by atoms with Crippen molar-refractivity contribution in [2.45, 2.75) is 6.54 Å². The van der Waals surface area contributed by atoms with E-state index in [0.717, 1.165) is 33.9 Å². The molecule has 0 bridgehead atoms. The maximum Gasteiger partial charge on any atom is 0.164 e. The summed E-state index contributed by atoms with van der Waals surface area (Å²) in [6.45, 7) is 1.60. The molecule has 0 amide bonds. The number of pyridine rings is 1. The summed E-state index contributed by atoms with van der Waals surface area (Å²) in [5.74, 6) is 1.04. The molecule has 0 fully saturated rings. The first-order valence-corrected chi connectivity index (χ1v) is 7.79. The van der Waals surface area contributed by atoms with Crippen molar-refractivity contribution in [1.29, 1.82) is 0 Å². The van der Waals surface area contributed by atoms with E-state index in [2.05, 4.69) is 14.9 Å². The molecule has 5 heteroatoms. The fourth-order valence-electron chi connectivity index (χ4n) is 2.03. The summed E-state index contributed by atoms with van der Waals surface area (Å²) < 4.78 is 0. The predicted molar refractivity (Wildman–Crippen MR) is 86.6 cm³/mol. The van der Waals surface area contributed by atoms with Gasteiger partial charge in [0.15, 0.2) is 5.17 Å². The number of halogens is 1. The van der Waals surface area contributed by atoms with Crippen molar-refractivity contribution in [1.82, 2.24) is 4.98 Å². The van der Waals surface area contributed by atoms with E-state index < -0.39 is 0 Å². The van der Waals surface area contributed by atoms with Gasteiger partial charge in [0.2, 0.25) is 0 Å². The minimum Gasteiger partial charge on any atom is -0.315 e. The van der Waals surface area contributed by atoms with Crippen LogP contribution in [-0.4, -0.2) is 22.4 Å². The van der Waals surface area contributed by atoms with E-state index in [1.165, 1.54) is 0 Å². The highest BCUT2D eigenvalue weighted by molar-refractivity contribution is 8.14. The van der Waals surface area contributed by atoms with Gasteiger partial charge in [-0.1, -0.05) is 29.4 Å². The molecule has 1 aliphatic heterocycles. The lowest BCUT2D eigenvalue weighted by Gasteiger charge is -2.23. The highest BCUT2D eigenvalue weighted by atomic mass is 35.5. The van der Waals surface area contributed by atoms with Gasteiger partial charge in [-0.05, 0) is 36.4 Å². The van der Waals surface area contributed by atoms with Crippen molar-refractivity contribution in [3.63, 3.8) is 0 Å². The topological polar surface area (TPSA) is 28.5 Å². The van der Waals surface area contributed by atoms with E-state index in [4.69, 9.17) is 11.6 Å². The molecule has 0 N–H and O–H groups in total. The third-order valence-electron chi connectivity index (χ3n) is 2.98. The number of aliphatic imine (C=N–C) groups is 1. The molecule has 20 heavy (non-hydrogen) atoms. The maximum absolute atomic E-state index is 5.97. The number of nitrogens with zero attached hydrogens (tertiary/aromatic N) is 3. The second kappa shape index (κ2) is 6.29. The Labute approximate surface area is 127 Å². The van der Waals surface area contributed by atoms with E-state index in [1.54, 1.807) is 11.8 Å². The molecule has 102 valence electrons. The van der Waals surface area contributed by atoms with E-state index in [0.29, 0.717) is 6.54 Å². The number of benzene rings is 1. The van der Waals surface area contributed by atoms with Crippen LogP contribution in [0, 0.1) is 0 Å². The third kappa shape index (κ3) is 3.14. The summed E-state index contributed by atoms with van der Waals surface area (Å²) in [4.78, 5) is 11.2. The van der Waals surface area contributed by atoms with E-state index in [-0.39, 0.29) is 0 Å². The zero-order valence-electron chi connectivity index (χ0n) is 10.9. The van der Waals surface area contributed by atoms with Gasteiger partial charge < -0.3 is 4.90 Å². The van der Waals surface area contributed by atoms with Gasteiger partial charge in [-0.3, -0.25) is 9.98 Å². The minimum absolute atomic E-state index is 0.717. The Hall–Kier alpha value is -1.52. The van der Waals surface area contributed by atoms with Crippen LogP contribution in [0.3, 0.4) is 0 Å². The molecule has 1 aliphatic rings. The molecule has 2 heterocycles. The van der Waals surface area contributed by atoms with Crippen LogP contribution in [0.4, 0.5) is 5.69 Å². The average Bonchev–Trinajstić information content (AvgIpc) is 3.01.